The van der Waals surface area contributed by atoms with Crippen LogP contribution in [-0.4, -0.2) is 36.3 Å². The summed E-state index contributed by atoms with van der Waals surface area (Å²) >= 11 is 0. The van der Waals surface area contributed by atoms with Crippen molar-refractivity contribution < 1.29 is 23.9 Å². The summed E-state index contributed by atoms with van der Waals surface area (Å²) in [6.45, 7) is 3.68. The molecule has 0 spiro atoms. The highest BCUT2D eigenvalue weighted by molar-refractivity contribution is 6.20. The molecule has 3 amide bonds. The van der Waals surface area contributed by atoms with Gasteiger partial charge in [-0.05, 0) is 32.0 Å². The summed E-state index contributed by atoms with van der Waals surface area (Å²) in [6, 6.07) is 6.04. The Morgan fingerprint density at radius 3 is 2.52 bits per heavy atom. The Kier molecular flexibility index (Phi) is 5.10. The second kappa shape index (κ2) is 7.04. The smallest absolute Gasteiger partial charge is 0.338 e. The van der Waals surface area contributed by atoms with E-state index in [-0.39, 0.29) is 36.1 Å². The van der Waals surface area contributed by atoms with Gasteiger partial charge in [0.05, 0.1) is 11.3 Å². The van der Waals surface area contributed by atoms with Gasteiger partial charge in [0, 0.05) is 19.4 Å². The van der Waals surface area contributed by atoms with E-state index in [1.165, 1.54) is 19.1 Å². The van der Waals surface area contributed by atoms with Crippen molar-refractivity contribution in [1.29, 1.82) is 0 Å². The molecule has 0 aliphatic carbocycles. The Morgan fingerprint density at radius 2 is 1.91 bits per heavy atom. The zero-order valence-corrected chi connectivity index (χ0v) is 13.0. The zero-order chi connectivity index (χ0) is 17.0. The number of hydrogen-bond donors (Lipinski definition) is 1. The molecule has 1 aliphatic rings. The average molecular weight is 318 g/mol. The fourth-order valence-electron chi connectivity index (χ4n) is 2.24. The molecule has 122 valence electrons. The van der Waals surface area contributed by atoms with Crippen LogP contribution < -0.4 is 10.2 Å². The largest absolute Gasteiger partial charge is 0.449 e. The number of benzene rings is 1. The highest BCUT2D eigenvalue weighted by atomic mass is 16.5. The molecule has 1 atom stereocenters. The number of anilines is 1. The molecule has 0 aromatic heterocycles. The number of rotatable bonds is 5. The summed E-state index contributed by atoms with van der Waals surface area (Å²) in [5.41, 5.74) is 0.503. The Morgan fingerprint density at radius 1 is 1.26 bits per heavy atom. The van der Waals surface area contributed by atoms with E-state index in [1.54, 1.807) is 19.1 Å². The maximum Gasteiger partial charge on any atom is 0.338 e. The van der Waals surface area contributed by atoms with Crippen molar-refractivity contribution in [3.05, 3.63) is 29.8 Å². The van der Waals surface area contributed by atoms with E-state index in [0.29, 0.717) is 12.2 Å². The van der Waals surface area contributed by atoms with Gasteiger partial charge >= 0.3 is 5.97 Å². The van der Waals surface area contributed by atoms with Crippen LogP contribution >= 0.6 is 0 Å². The number of ether oxygens (including phenoxy) is 1. The molecular formula is C16H18N2O5. The highest BCUT2D eigenvalue weighted by Crippen LogP contribution is 2.23. The number of esters is 1. The third kappa shape index (κ3) is 3.74. The van der Waals surface area contributed by atoms with E-state index in [9.17, 15) is 19.2 Å². The molecule has 1 heterocycles. The van der Waals surface area contributed by atoms with Crippen molar-refractivity contribution in [3.8, 4) is 0 Å². The van der Waals surface area contributed by atoms with Gasteiger partial charge in [0.2, 0.25) is 11.8 Å². The number of hydrogen-bond acceptors (Lipinski definition) is 5. The molecule has 23 heavy (non-hydrogen) atoms. The number of nitrogens with one attached hydrogen (secondary N) is 1. The molecule has 1 saturated heterocycles. The number of likely N-dealkylation sites (N-methyl/N-ethyl adjacent to an activating group) is 1. The van der Waals surface area contributed by atoms with Gasteiger partial charge in [-0.15, -0.1) is 0 Å². The zero-order valence-electron chi connectivity index (χ0n) is 13.0. The Hall–Kier alpha value is -2.70. The van der Waals surface area contributed by atoms with Crippen LogP contribution in [0.1, 0.15) is 37.0 Å². The quantitative estimate of drug-likeness (QED) is 0.646. The molecule has 1 aromatic carbocycles. The highest BCUT2D eigenvalue weighted by Gasteiger charge is 2.30. The van der Waals surface area contributed by atoms with Gasteiger partial charge in [-0.2, -0.15) is 0 Å². The minimum atomic E-state index is -0.929. The van der Waals surface area contributed by atoms with Crippen molar-refractivity contribution in [2.24, 2.45) is 0 Å². The van der Waals surface area contributed by atoms with Crippen molar-refractivity contribution in [2.75, 3.05) is 11.4 Å². The first kappa shape index (κ1) is 16.7. The molecule has 0 saturated carbocycles. The lowest BCUT2D eigenvalue weighted by Crippen LogP contribution is -2.35. The van der Waals surface area contributed by atoms with Crippen molar-refractivity contribution in [3.63, 3.8) is 0 Å². The van der Waals surface area contributed by atoms with Gasteiger partial charge in [-0.25, -0.2) is 4.79 Å². The first-order chi connectivity index (χ1) is 10.9. The molecule has 1 aromatic rings. The molecule has 1 aliphatic heterocycles. The monoisotopic (exact) mass is 318 g/mol. The molecule has 0 bridgehead atoms. The van der Waals surface area contributed by atoms with Crippen LogP contribution in [0.4, 0.5) is 5.69 Å². The summed E-state index contributed by atoms with van der Waals surface area (Å²) in [7, 11) is 0. The first-order valence-corrected chi connectivity index (χ1v) is 7.38. The number of carbonyl (C=O) groups excluding carboxylic acids is 4. The topological polar surface area (TPSA) is 92.8 Å². The van der Waals surface area contributed by atoms with Crippen molar-refractivity contribution in [1.82, 2.24) is 5.32 Å². The third-order valence-corrected chi connectivity index (χ3v) is 3.40. The molecule has 2 rings (SSSR count). The van der Waals surface area contributed by atoms with Crippen LogP contribution in [0.25, 0.3) is 0 Å². The maximum atomic E-state index is 12.1. The summed E-state index contributed by atoms with van der Waals surface area (Å²) in [5.74, 6) is -1.67. The predicted octanol–water partition coefficient (Wildman–Crippen LogP) is 1.02. The van der Waals surface area contributed by atoms with Crippen LogP contribution in [0.15, 0.2) is 24.3 Å². The molecule has 1 N–H and O–H groups in total. The normalized spacial score (nSPS) is 15.5. The van der Waals surface area contributed by atoms with Crippen LogP contribution in [0.3, 0.4) is 0 Å². The van der Waals surface area contributed by atoms with E-state index >= 15 is 0 Å². The fraction of sp³-hybridized carbons (Fsp3) is 0.375. The van der Waals surface area contributed by atoms with Crippen LogP contribution in [0, 0.1) is 0 Å². The van der Waals surface area contributed by atoms with Gasteiger partial charge in [-0.1, -0.05) is 6.07 Å². The SMILES string of the molecule is CCNC(=O)[C@@H](C)OC(=O)c1cccc(N2C(=O)CCC2=O)c1. The number of amides is 3. The van der Waals surface area contributed by atoms with E-state index in [1.807, 2.05) is 0 Å². The van der Waals surface area contributed by atoms with Gasteiger partial charge in [-0.3, -0.25) is 19.3 Å². The molecule has 1 fully saturated rings. The first-order valence-electron chi connectivity index (χ1n) is 7.38. The van der Waals surface area contributed by atoms with Crippen molar-refractivity contribution >= 4 is 29.4 Å². The van der Waals surface area contributed by atoms with Gasteiger partial charge in [0.25, 0.3) is 5.91 Å². The molecule has 0 unspecified atom stereocenters. The van der Waals surface area contributed by atoms with Gasteiger partial charge < -0.3 is 10.1 Å². The minimum absolute atomic E-state index is 0.168. The molecule has 7 nitrogen and oxygen atoms in total. The van der Waals surface area contributed by atoms with E-state index < -0.39 is 12.1 Å². The average Bonchev–Trinajstić information content (AvgIpc) is 2.86. The minimum Gasteiger partial charge on any atom is -0.449 e. The van der Waals surface area contributed by atoms with Gasteiger partial charge in [0.1, 0.15) is 0 Å². The second-order valence-corrected chi connectivity index (χ2v) is 5.12. The van der Waals surface area contributed by atoms with E-state index in [0.717, 1.165) is 4.90 Å². The number of nitrogens with zero attached hydrogens (tertiary/aromatic N) is 1. The number of imide groups is 1. The summed E-state index contributed by atoms with van der Waals surface area (Å²) in [6.07, 6.45) is -0.593. The summed E-state index contributed by atoms with van der Waals surface area (Å²) < 4.78 is 5.08. The second-order valence-electron chi connectivity index (χ2n) is 5.12. The Balaban J connectivity index is 2.13. The van der Waals surface area contributed by atoms with E-state index in [4.69, 9.17) is 4.74 Å². The molecule has 7 heteroatoms. The lowest BCUT2D eigenvalue weighted by molar-refractivity contribution is -0.129. The van der Waals surface area contributed by atoms with Crippen molar-refractivity contribution in [2.45, 2.75) is 32.8 Å². The maximum absolute atomic E-state index is 12.1. The van der Waals surface area contributed by atoms with Crippen LogP contribution in [0.5, 0.6) is 0 Å². The fourth-order valence-corrected chi connectivity index (χ4v) is 2.24. The lowest BCUT2D eigenvalue weighted by atomic mass is 10.2. The van der Waals surface area contributed by atoms with Gasteiger partial charge in [0.15, 0.2) is 6.10 Å². The lowest BCUT2D eigenvalue weighted by Gasteiger charge is -2.16. The predicted molar refractivity (Wildman–Crippen MR) is 81.7 cm³/mol. The van der Waals surface area contributed by atoms with Crippen LogP contribution in [0.2, 0.25) is 0 Å². The standard InChI is InChI=1S/C16H18N2O5/c1-3-17-15(21)10(2)23-16(22)11-5-4-6-12(9-11)18-13(19)7-8-14(18)20/h4-6,9-10H,3,7-8H2,1-2H3,(H,17,21)/t10-/m1/s1. The number of carbonyl (C=O) groups is 4. The Labute approximate surface area is 133 Å². The molecular weight excluding hydrogens is 300 g/mol. The summed E-state index contributed by atoms with van der Waals surface area (Å²) in [5, 5.41) is 2.56. The third-order valence-electron chi connectivity index (χ3n) is 3.40. The summed E-state index contributed by atoms with van der Waals surface area (Å²) in [4.78, 5) is 48.2. The Bertz CT molecular complexity index is 640. The van der Waals surface area contributed by atoms with Crippen LogP contribution in [-0.2, 0) is 19.1 Å². The molecule has 0 radical (unpaired) electrons. The van der Waals surface area contributed by atoms with E-state index in [2.05, 4.69) is 5.32 Å².